The van der Waals surface area contributed by atoms with Crippen molar-refractivity contribution in [3.63, 3.8) is 0 Å². The Hall–Kier alpha value is -2.47. The van der Waals surface area contributed by atoms with E-state index >= 15 is 0 Å². The first kappa shape index (κ1) is 20.3. The van der Waals surface area contributed by atoms with E-state index in [4.69, 9.17) is 0 Å². The Labute approximate surface area is 170 Å². The van der Waals surface area contributed by atoms with Crippen molar-refractivity contribution in [2.24, 2.45) is 0 Å². The van der Waals surface area contributed by atoms with Gasteiger partial charge in [-0.3, -0.25) is 14.4 Å². The van der Waals surface area contributed by atoms with Gasteiger partial charge in [-0.15, -0.1) is 11.3 Å². The number of rotatable bonds is 7. The topological polar surface area (TPSA) is 57.7 Å². The molecule has 1 atom stereocenters. The molecular formula is C22H26N2O3S. The van der Waals surface area contributed by atoms with Crippen LogP contribution in [0, 0.1) is 0 Å². The van der Waals surface area contributed by atoms with Crippen LogP contribution in [0.1, 0.15) is 56.4 Å². The lowest BCUT2D eigenvalue weighted by atomic mass is 10.0. The highest BCUT2D eigenvalue weighted by atomic mass is 32.1. The predicted molar refractivity (Wildman–Crippen MR) is 111 cm³/mol. The summed E-state index contributed by atoms with van der Waals surface area (Å²) in [7, 11) is 0. The summed E-state index contributed by atoms with van der Waals surface area (Å²) in [5.41, 5.74) is 1.72. The minimum absolute atomic E-state index is 0.0333. The number of amides is 3. The lowest BCUT2D eigenvalue weighted by Crippen LogP contribution is -2.44. The standard InChI is InChI=1S/C22H26N2O3S/c1-4-6-20(25)23(14-18-7-5-12-28-18)19-13-21(26)24(22(19)27)17-10-8-16(9-11-17)15(2)3/h5,7-12,15,19H,4,6,13-14H2,1-3H3. The number of imide groups is 1. The van der Waals surface area contributed by atoms with Crippen molar-refractivity contribution in [1.82, 2.24) is 4.90 Å². The molecule has 3 rings (SSSR count). The van der Waals surface area contributed by atoms with Crippen LogP contribution in [0.5, 0.6) is 0 Å². The smallest absolute Gasteiger partial charge is 0.257 e. The van der Waals surface area contributed by atoms with E-state index in [1.807, 2.05) is 48.7 Å². The van der Waals surface area contributed by atoms with Crippen LogP contribution in [0.2, 0.25) is 0 Å². The fourth-order valence-corrected chi connectivity index (χ4v) is 4.14. The molecule has 1 aromatic carbocycles. The molecule has 0 aliphatic carbocycles. The second-order valence-electron chi connectivity index (χ2n) is 7.38. The highest BCUT2D eigenvalue weighted by molar-refractivity contribution is 7.09. The van der Waals surface area contributed by atoms with Gasteiger partial charge < -0.3 is 4.90 Å². The summed E-state index contributed by atoms with van der Waals surface area (Å²) in [6.45, 7) is 6.49. The number of hydrogen-bond acceptors (Lipinski definition) is 4. The lowest BCUT2D eigenvalue weighted by molar-refractivity contribution is -0.139. The predicted octanol–water partition coefficient (Wildman–Crippen LogP) is 4.33. The second kappa shape index (κ2) is 8.69. The van der Waals surface area contributed by atoms with Crippen LogP contribution in [0.4, 0.5) is 5.69 Å². The molecule has 1 saturated heterocycles. The summed E-state index contributed by atoms with van der Waals surface area (Å²) >= 11 is 1.55. The number of thiophene rings is 1. The van der Waals surface area contributed by atoms with Gasteiger partial charge in [0.25, 0.3) is 5.91 Å². The van der Waals surface area contributed by atoms with Gasteiger partial charge in [-0.25, -0.2) is 4.90 Å². The third-order valence-corrected chi connectivity index (χ3v) is 5.87. The second-order valence-corrected chi connectivity index (χ2v) is 8.42. The average molecular weight is 399 g/mol. The van der Waals surface area contributed by atoms with Gasteiger partial charge in [0, 0.05) is 11.3 Å². The third-order valence-electron chi connectivity index (χ3n) is 5.01. The number of anilines is 1. The molecule has 2 aromatic rings. The maximum Gasteiger partial charge on any atom is 0.257 e. The Morgan fingerprint density at radius 3 is 2.50 bits per heavy atom. The normalized spacial score (nSPS) is 16.9. The molecule has 28 heavy (non-hydrogen) atoms. The van der Waals surface area contributed by atoms with Crippen molar-refractivity contribution in [1.29, 1.82) is 0 Å². The van der Waals surface area contributed by atoms with Crippen molar-refractivity contribution in [2.75, 3.05) is 4.90 Å². The number of benzene rings is 1. The van der Waals surface area contributed by atoms with Crippen molar-refractivity contribution in [2.45, 2.75) is 58.5 Å². The van der Waals surface area contributed by atoms with E-state index in [0.717, 1.165) is 10.4 Å². The van der Waals surface area contributed by atoms with Gasteiger partial charge in [-0.1, -0.05) is 39.0 Å². The first-order valence-corrected chi connectivity index (χ1v) is 10.6. The van der Waals surface area contributed by atoms with Gasteiger partial charge >= 0.3 is 0 Å². The fourth-order valence-electron chi connectivity index (χ4n) is 3.44. The van der Waals surface area contributed by atoms with Gasteiger partial charge in [0.2, 0.25) is 11.8 Å². The number of nitrogens with zero attached hydrogens (tertiary/aromatic N) is 2. The Bertz CT molecular complexity index is 843. The van der Waals surface area contributed by atoms with Crippen LogP contribution < -0.4 is 4.90 Å². The quantitative estimate of drug-likeness (QED) is 0.652. The SMILES string of the molecule is CCCC(=O)N(Cc1cccs1)C1CC(=O)N(c2ccc(C(C)C)cc2)C1=O. The minimum atomic E-state index is -0.738. The molecule has 1 unspecified atom stereocenters. The van der Waals surface area contributed by atoms with Crippen LogP contribution in [0.3, 0.4) is 0 Å². The fraction of sp³-hybridized carbons (Fsp3) is 0.409. The molecule has 0 saturated carbocycles. The first-order chi connectivity index (χ1) is 13.4. The van der Waals surface area contributed by atoms with Crippen LogP contribution in [-0.4, -0.2) is 28.7 Å². The van der Waals surface area contributed by atoms with Crippen molar-refractivity contribution in [3.8, 4) is 0 Å². The number of carbonyl (C=O) groups is 3. The highest BCUT2D eigenvalue weighted by Crippen LogP contribution is 2.29. The Morgan fingerprint density at radius 2 is 1.93 bits per heavy atom. The minimum Gasteiger partial charge on any atom is -0.325 e. The molecule has 1 aliphatic rings. The molecule has 0 spiro atoms. The largest absolute Gasteiger partial charge is 0.325 e. The van der Waals surface area contributed by atoms with E-state index in [2.05, 4.69) is 13.8 Å². The first-order valence-electron chi connectivity index (χ1n) is 9.71. The summed E-state index contributed by atoms with van der Waals surface area (Å²) in [5, 5.41) is 1.95. The van der Waals surface area contributed by atoms with E-state index in [-0.39, 0.29) is 24.1 Å². The monoisotopic (exact) mass is 398 g/mol. The average Bonchev–Trinajstić information content (AvgIpc) is 3.28. The van der Waals surface area contributed by atoms with E-state index in [0.29, 0.717) is 31.0 Å². The molecule has 0 bridgehead atoms. The Morgan fingerprint density at radius 1 is 1.21 bits per heavy atom. The molecule has 148 valence electrons. The van der Waals surface area contributed by atoms with Gasteiger partial charge in [0.1, 0.15) is 6.04 Å². The van der Waals surface area contributed by atoms with Gasteiger partial charge in [0.15, 0.2) is 0 Å². The molecule has 2 heterocycles. The molecule has 1 fully saturated rings. The zero-order chi connectivity index (χ0) is 20.3. The van der Waals surface area contributed by atoms with Gasteiger partial charge in [0.05, 0.1) is 18.7 Å². The summed E-state index contributed by atoms with van der Waals surface area (Å²) in [6, 6.07) is 10.6. The Balaban J connectivity index is 1.85. The molecule has 3 amide bonds. The summed E-state index contributed by atoms with van der Waals surface area (Å²) in [4.78, 5) is 42.3. The molecule has 1 aromatic heterocycles. The zero-order valence-corrected chi connectivity index (χ0v) is 17.4. The Kier molecular flexibility index (Phi) is 6.29. The summed E-state index contributed by atoms with van der Waals surface area (Å²) in [5.74, 6) is -0.283. The molecular weight excluding hydrogens is 372 g/mol. The van der Waals surface area contributed by atoms with E-state index < -0.39 is 6.04 Å². The maximum absolute atomic E-state index is 13.1. The van der Waals surface area contributed by atoms with Crippen LogP contribution in [0.15, 0.2) is 41.8 Å². The third kappa shape index (κ3) is 4.17. The zero-order valence-electron chi connectivity index (χ0n) is 16.6. The van der Waals surface area contributed by atoms with E-state index in [1.165, 1.54) is 4.90 Å². The van der Waals surface area contributed by atoms with Gasteiger partial charge in [-0.05, 0) is 41.5 Å². The lowest BCUT2D eigenvalue weighted by Gasteiger charge is -2.27. The maximum atomic E-state index is 13.1. The van der Waals surface area contributed by atoms with Crippen molar-refractivity contribution in [3.05, 3.63) is 52.2 Å². The van der Waals surface area contributed by atoms with Crippen molar-refractivity contribution < 1.29 is 14.4 Å². The van der Waals surface area contributed by atoms with Crippen LogP contribution in [0.25, 0.3) is 0 Å². The summed E-state index contributed by atoms with van der Waals surface area (Å²) in [6.07, 6.45) is 1.10. The molecule has 0 radical (unpaired) electrons. The number of carbonyl (C=O) groups excluding carboxylic acids is 3. The number of hydrogen-bond donors (Lipinski definition) is 0. The van der Waals surface area contributed by atoms with Crippen LogP contribution in [-0.2, 0) is 20.9 Å². The molecule has 6 heteroatoms. The van der Waals surface area contributed by atoms with Crippen LogP contribution >= 0.6 is 11.3 Å². The van der Waals surface area contributed by atoms with Gasteiger partial charge in [-0.2, -0.15) is 0 Å². The molecule has 0 N–H and O–H groups in total. The van der Waals surface area contributed by atoms with E-state index in [1.54, 1.807) is 16.2 Å². The summed E-state index contributed by atoms with van der Waals surface area (Å²) < 4.78 is 0. The molecule has 1 aliphatic heterocycles. The van der Waals surface area contributed by atoms with Crippen molar-refractivity contribution >= 4 is 34.7 Å². The molecule has 5 nitrogen and oxygen atoms in total. The highest BCUT2D eigenvalue weighted by Gasteiger charge is 2.44. The van der Waals surface area contributed by atoms with E-state index in [9.17, 15) is 14.4 Å².